The smallest absolute Gasteiger partial charge is 0 e. The second-order valence-corrected chi connectivity index (χ2v) is 7.68. The van der Waals surface area contributed by atoms with Crippen LogP contribution in [0.25, 0.3) is 0 Å². The maximum absolute atomic E-state index is 3.91. The Balaban J connectivity index is 0. The second-order valence-electron chi connectivity index (χ2n) is 2.56. The topological polar surface area (TPSA) is 0 Å². The van der Waals surface area contributed by atoms with Gasteiger partial charge in [0.15, 0.2) is 0 Å². The van der Waals surface area contributed by atoms with Gasteiger partial charge in [0.25, 0.3) is 0 Å². The molecule has 0 spiro atoms. The van der Waals surface area contributed by atoms with Crippen LogP contribution in [0.5, 0.6) is 0 Å². The Morgan fingerprint density at radius 1 is 1.17 bits per heavy atom. The molecule has 0 heterocycles. The van der Waals surface area contributed by atoms with E-state index in [-0.39, 0.29) is 36.9 Å². The molecule has 0 N–H and O–H groups in total. The van der Waals surface area contributed by atoms with Crippen LogP contribution in [-0.2, 0) is 0 Å². The fourth-order valence-electron chi connectivity index (χ4n) is 0. The van der Waals surface area contributed by atoms with E-state index in [0.29, 0.717) is 0 Å². The molecule has 0 aromatic carbocycles. The summed E-state index contributed by atoms with van der Waals surface area (Å²) in [6, 6.07) is 0. The van der Waals surface area contributed by atoms with Gasteiger partial charge in [-0.1, -0.05) is 19.6 Å². The molecular formula is C4H11LuSi-. The van der Waals surface area contributed by atoms with Gasteiger partial charge in [-0.15, -0.1) is 8.07 Å². The van der Waals surface area contributed by atoms with Crippen molar-refractivity contribution in [3.05, 3.63) is 6.55 Å². The van der Waals surface area contributed by atoms with Crippen LogP contribution in [0.3, 0.4) is 0 Å². The third-order valence-electron chi connectivity index (χ3n) is 0. The molecule has 0 unspecified atom stereocenters. The summed E-state index contributed by atoms with van der Waals surface area (Å²) < 4.78 is 0. The van der Waals surface area contributed by atoms with Gasteiger partial charge in [-0.2, -0.15) is 0 Å². The largest absolute Gasteiger partial charge is 0.342 e. The fourth-order valence-corrected chi connectivity index (χ4v) is 0. The molecule has 0 aliphatic rings. The molecule has 6 heavy (non-hydrogen) atoms. The Morgan fingerprint density at radius 3 is 1.17 bits per heavy atom. The zero-order valence-electron chi connectivity index (χ0n) is 4.47. The molecule has 0 aromatic heterocycles. The van der Waals surface area contributed by atoms with E-state index < -0.39 is 8.07 Å². The van der Waals surface area contributed by atoms with Crippen LogP contribution in [0.1, 0.15) is 0 Å². The summed E-state index contributed by atoms with van der Waals surface area (Å²) in [4.78, 5) is 0. The zero-order valence-corrected chi connectivity index (χ0v) is 7.12. The van der Waals surface area contributed by atoms with Crippen molar-refractivity contribution in [1.29, 1.82) is 0 Å². The Hall–Kier alpha value is 1.45. The van der Waals surface area contributed by atoms with Crippen LogP contribution in [-0.4, -0.2) is 8.07 Å². The Kier molecular flexibility index (Phi) is 6.00. The first-order chi connectivity index (χ1) is 2.00. The Morgan fingerprint density at radius 2 is 1.17 bits per heavy atom. The van der Waals surface area contributed by atoms with E-state index in [1.54, 1.807) is 0 Å². The van der Waals surface area contributed by atoms with E-state index in [9.17, 15) is 0 Å². The zero-order chi connectivity index (χ0) is 4.50. The van der Waals surface area contributed by atoms with Gasteiger partial charge >= 0.3 is 0 Å². The van der Waals surface area contributed by atoms with Crippen molar-refractivity contribution in [2.75, 3.05) is 0 Å². The normalized spacial score (nSPS) is 10.0. The number of hydrogen-bond donors (Lipinski definition) is 0. The van der Waals surface area contributed by atoms with Gasteiger partial charge in [-0.05, 0) is 0 Å². The van der Waals surface area contributed by atoms with Crippen LogP contribution in [0.4, 0.5) is 0 Å². The van der Waals surface area contributed by atoms with Crippen LogP contribution < -0.4 is 0 Å². The van der Waals surface area contributed by atoms with Crippen molar-refractivity contribution in [2.24, 2.45) is 0 Å². The summed E-state index contributed by atoms with van der Waals surface area (Å²) in [6.45, 7) is 10.6. The van der Waals surface area contributed by atoms with E-state index in [1.165, 1.54) is 0 Å². The predicted octanol–water partition coefficient (Wildman–Crippen LogP) is 1.70. The molecule has 0 fully saturated rings. The summed E-state index contributed by atoms with van der Waals surface area (Å²) in [7, 11) is -0.861. The standard InChI is InChI=1S/C4H11Si.Lu/c1-5(2,3)4;/h1H2,2-4H3;/q-1;. The second kappa shape index (κ2) is 3.45. The van der Waals surface area contributed by atoms with E-state index in [4.69, 9.17) is 0 Å². The third-order valence-corrected chi connectivity index (χ3v) is 0. The van der Waals surface area contributed by atoms with Crippen LogP contribution in [0, 0.1) is 43.4 Å². The molecule has 1 radical (unpaired) electrons. The monoisotopic (exact) mass is 262 g/mol. The molecule has 0 aliphatic heterocycles. The van der Waals surface area contributed by atoms with Crippen LogP contribution in [0.15, 0.2) is 0 Å². The fraction of sp³-hybridized carbons (Fsp3) is 0.750. The van der Waals surface area contributed by atoms with Crippen molar-refractivity contribution < 1.29 is 36.9 Å². The summed E-state index contributed by atoms with van der Waals surface area (Å²) in [5.74, 6) is 0. The molecule has 0 amide bonds. The average molecular weight is 262 g/mol. The third kappa shape index (κ3) is 51.3. The predicted molar refractivity (Wildman–Crippen MR) is 28.7 cm³/mol. The quantitative estimate of drug-likeness (QED) is 0.460. The maximum atomic E-state index is 3.91. The molecule has 2 heteroatoms. The molecular weight excluding hydrogens is 251 g/mol. The van der Waals surface area contributed by atoms with Gasteiger partial charge in [-0.3, -0.25) is 0 Å². The molecule has 0 atom stereocenters. The van der Waals surface area contributed by atoms with Crippen molar-refractivity contribution in [3.63, 3.8) is 0 Å². The van der Waals surface area contributed by atoms with Crippen molar-refractivity contribution in [1.82, 2.24) is 0 Å². The molecule has 0 rings (SSSR count). The first-order valence-corrected chi connectivity index (χ1v) is 5.56. The molecule has 0 aliphatic carbocycles. The van der Waals surface area contributed by atoms with Gasteiger partial charge in [0.2, 0.25) is 0 Å². The van der Waals surface area contributed by atoms with Crippen LogP contribution in [0.2, 0.25) is 19.6 Å². The Bertz CT molecular complexity index is 23.0. The maximum Gasteiger partial charge on any atom is 0 e. The first-order valence-electron chi connectivity index (χ1n) is 1.85. The van der Waals surface area contributed by atoms with Gasteiger partial charge in [0.05, 0.1) is 0 Å². The van der Waals surface area contributed by atoms with E-state index in [2.05, 4.69) is 26.2 Å². The van der Waals surface area contributed by atoms with E-state index in [0.717, 1.165) is 0 Å². The average Bonchev–Trinajstić information content (AvgIpc) is 0.722. The minimum Gasteiger partial charge on any atom is -0.342 e. The summed E-state index contributed by atoms with van der Waals surface area (Å²) >= 11 is 0. The summed E-state index contributed by atoms with van der Waals surface area (Å²) in [5.41, 5.74) is 0. The molecule has 0 saturated carbocycles. The molecule has 0 saturated heterocycles. The van der Waals surface area contributed by atoms with Gasteiger partial charge in [-0.25, -0.2) is 0 Å². The van der Waals surface area contributed by atoms with Gasteiger partial charge < -0.3 is 6.55 Å². The summed E-state index contributed by atoms with van der Waals surface area (Å²) in [6.07, 6.45) is 0. The minimum absolute atomic E-state index is 0. The van der Waals surface area contributed by atoms with Crippen molar-refractivity contribution in [2.45, 2.75) is 19.6 Å². The van der Waals surface area contributed by atoms with Gasteiger partial charge in [0, 0.05) is 36.9 Å². The minimum atomic E-state index is -0.861. The molecule has 0 nitrogen and oxygen atoms in total. The molecule has 0 aromatic rings. The van der Waals surface area contributed by atoms with Gasteiger partial charge in [0.1, 0.15) is 0 Å². The SMILES string of the molecule is [CH2-][Si](C)(C)C.[Lu]. The Labute approximate surface area is 70.5 Å². The van der Waals surface area contributed by atoms with E-state index >= 15 is 0 Å². The molecule has 47 valence electrons. The van der Waals surface area contributed by atoms with Crippen LogP contribution >= 0.6 is 0 Å². The van der Waals surface area contributed by atoms with Crippen molar-refractivity contribution in [3.8, 4) is 0 Å². The van der Waals surface area contributed by atoms with E-state index in [1.807, 2.05) is 0 Å². The number of rotatable bonds is 0. The molecule has 0 bridgehead atoms. The summed E-state index contributed by atoms with van der Waals surface area (Å²) in [5, 5.41) is 0. The van der Waals surface area contributed by atoms with Crippen molar-refractivity contribution >= 4 is 8.07 Å². The number of hydrogen-bond acceptors (Lipinski definition) is 0. The first kappa shape index (κ1) is 10.4.